The van der Waals surface area contributed by atoms with E-state index in [1.165, 1.54) is 6.92 Å². The van der Waals surface area contributed by atoms with Crippen molar-refractivity contribution in [2.75, 3.05) is 33.0 Å². The van der Waals surface area contributed by atoms with E-state index < -0.39 is 53.6 Å². The second kappa shape index (κ2) is 22.8. The predicted molar refractivity (Wildman–Crippen MR) is 310 cm³/mol. The number of hydrogen-bond acceptors (Lipinski definition) is 11. The quantitative estimate of drug-likeness (QED) is 0.0305. The Hall–Kier alpha value is -8.77. The van der Waals surface area contributed by atoms with Crippen LogP contribution in [0.25, 0.3) is 44.5 Å². The third-order valence-electron chi connectivity index (χ3n) is 16.9. The molecule has 0 spiro atoms. The Labute approximate surface area is 471 Å². The average molecular weight is 1080 g/mol. The lowest BCUT2D eigenvalue weighted by Crippen LogP contribution is -2.59. The number of unbranched alkanes of at least 4 members (excludes halogenated alkanes) is 1. The number of carbonyl (C=O) groups is 5. The number of nitrogens with one attached hydrogen (secondary N) is 1. The van der Waals surface area contributed by atoms with Gasteiger partial charge in [-0.25, -0.2) is 0 Å². The van der Waals surface area contributed by atoms with Crippen LogP contribution in [0.4, 0.5) is 0 Å². The zero-order valence-corrected chi connectivity index (χ0v) is 45.1. The summed E-state index contributed by atoms with van der Waals surface area (Å²) in [4.78, 5) is 75.4. The summed E-state index contributed by atoms with van der Waals surface area (Å²) in [6, 6.07) is 62.1. The minimum Gasteiger partial charge on any atom is -0.465 e. The number of esters is 4. The Morgan fingerprint density at radius 3 is 1.01 bits per heavy atom. The second-order valence-corrected chi connectivity index (χ2v) is 21.8. The Kier molecular flexibility index (Phi) is 14.9. The van der Waals surface area contributed by atoms with Crippen molar-refractivity contribution in [3.63, 3.8) is 0 Å². The van der Waals surface area contributed by atoms with Gasteiger partial charge in [-0.2, -0.15) is 0 Å². The minimum absolute atomic E-state index is 0.0157. The lowest BCUT2D eigenvalue weighted by atomic mass is 9.89. The highest BCUT2D eigenvalue weighted by molar-refractivity contribution is 6.17. The molecule has 8 aromatic carbocycles. The smallest absolute Gasteiger partial charge is 0.328 e. The molecule has 11 heteroatoms. The standard InChI is InChI=1S/C70H62N2O9/c1-70(69(77)81-42-62-57-34-16-8-26-49(57)50-27-9-17-35-58(50)62,38-64(73)78-39-59-51-28-10-2-20-43(51)44-21-3-11-29-52(44)59)72-63(36-18-19-37-71)66(74)65(67(75)79-40-60-53-30-12-4-22-45(53)46-23-5-13-31-54(46)60)68(76)80-41-61-55-32-14-6-24-47(55)48-25-7-15-33-56(48)61/h2-17,20-35,59-63,65,72H,18-19,36-42,71H2,1H3/t63-,70?/m0/s1. The minimum atomic E-state index is -2.10. The van der Waals surface area contributed by atoms with Crippen molar-refractivity contribution in [2.24, 2.45) is 11.7 Å². The van der Waals surface area contributed by atoms with E-state index in [1.807, 2.05) is 194 Å². The van der Waals surface area contributed by atoms with Crippen molar-refractivity contribution in [1.29, 1.82) is 0 Å². The number of fused-ring (bicyclic) bond motifs is 12. The van der Waals surface area contributed by atoms with Crippen LogP contribution in [0.3, 0.4) is 0 Å². The molecular weight excluding hydrogens is 1010 g/mol. The van der Waals surface area contributed by atoms with Crippen molar-refractivity contribution >= 4 is 29.7 Å². The van der Waals surface area contributed by atoms with Crippen LogP contribution in [0.5, 0.6) is 0 Å². The molecule has 1 unspecified atom stereocenters. The van der Waals surface area contributed by atoms with Gasteiger partial charge in [0.25, 0.3) is 0 Å². The van der Waals surface area contributed by atoms with Crippen LogP contribution in [0.15, 0.2) is 194 Å². The molecule has 4 aliphatic carbocycles. The molecule has 406 valence electrons. The zero-order valence-electron chi connectivity index (χ0n) is 45.1. The van der Waals surface area contributed by atoms with Crippen LogP contribution in [-0.4, -0.2) is 74.2 Å². The number of carbonyl (C=O) groups excluding carboxylic acids is 5. The molecule has 0 aliphatic heterocycles. The first-order chi connectivity index (χ1) is 39.6. The van der Waals surface area contributed by atoms with Gasteiger partial charge in [-0.1, -0.05) is 201 Å². The molecule has 3 N–H and O–H groups in total. The zero-order chi connectivity index (χ0) is 55.6. The lowest BCUT2D eigenvalue weighted by Gasteiger charge is -2.33. The van der Waals surface area contributed by atoms with Gasteiger partial charge in [0.2, 0.25) is 5.92 Å². The first kappa shape index (κ1) is 52.9. The predicted octanol–water partition coefficient (Wildman–Crippen LogP) is 11.8. The van der Waals surface area contributed by atoms with Crippen molar-refractivity contribution in [3.05, 3.63) is 239 Å². The second-order valence-electron chi connectivity index (χ2n) is 21.8. The Morgan fingerprint density at radius 2 is 0.704 bits per heavy atom. The molecule has 11 nitrogen and oxygen atoms in total. The van der Waals surface area contributed by atoms with Crippen molar-refractivity contribution in [1.82, 2.24) is 5.32 Å². The highest BCUT2D eigenvalue weighted by Crippen LogP contribution is 2.48. The Bertz CT molecular complexity index is 3440. The lowest BCUT2D eigenvalue weighted by molar-refractivity contribution is -0.166. The van der Waals surface area contributed by atoms with Gasteiger partial charge in [0.15, 0.2) is 5.78 Å². The van der Waals surface area contributed by atoms with E-state index in [2.05, 4.69) is 5.32 Å². The number of benzene rings is 8. The van der Waals surface area contributed by atoms with E-state index in [4.69, 9.17) is 24.7 Å². The molecule has 0 saturated heterocycles. The topological polar surface area (TPSA) is 160 Å². The van der Waals surface area contributed by atoms with Gasteiger partial charge in [-0.15, -0.1) is 0 Å². The molecule has 0 saturated carbocycles. The molecule has 12 rings (SSSR count). The molecular formula is C70H62N2O9. The maximum Gasteiger partial charge on any atom is 0.328 e. The van der Waals surface area contributed by atoms with Crippen molar-refractivity contribution < 1.29 is 42.9 Å². The SMILES string of the molecule is CC(CC(=O)OCC1c2ccccc2-c2ccccc21)(N[C@@H](CCCCN)C(=O)C(C(=O)OCC1c2ccccc2-c2ccccc21)C(=O)OCC1c2ccccc2-c2ccccc21)C(=O)OCC1c2ccccc2-c2ccccc21. The van der Waals surface area contributed by atoms with E-state index in [0.29, 0.717) is 12.8 Å². The Morgan fingerprint density at radius 1 is 0.420 bits per heavy atom. The maximum absolute atomic E-state index is 15.7. The molecule has 0 heterocycles. The normalized spacial score (nSPS) is 14.8. The van der Waals surface area contributed by atoms with Gasteiger partial charge in [-0.3, -0.25) is 29.3 Å². The van der Waals surface area contributed by atoms with Crippen LogP contribution < -0.4 is 11.1 Å². The number of Topliss-reactive ketones (excluding diaryl/α,β-unsaturated/α-hetero) is 1. The van der Waals surface area contributed by atoms with Gasteiger partial charge < -0.3 is 24.7 Å². The van der Waals surface area contributed by atoms with Crippen LogP contribution in [0.1, 0.15) is 101 Å². The Balaban J connectivity index is 0.860. The molecule has 81 heavy (non-hydrogen) atoms. The highest BCUT2D eigenvalue weighted by Gasteiger charge is 2.48. The first-order valence-corrected chi connectivity index (χ1v) is 28.0. The van der Waals surface area contributed by atoms with E-state index in [9.17, 15) is 14.4 Å². The number of nitrogens with two attached hydrogens (primary N) is 1. The van der Waals surface area contributed by atoms with Crippen LogP contribution in [0.2, 0.25) is 0 Å². The number of ether oxygens (including phenoxy) is 4. The van der Waals surface area contributed by atoms with Crippen LogP contribution in [-0.2, 0) is 42.9 Å². The van der Waals surface area contributed by atoms with Crippen LogP contribution in [0, 0.1) is 5.92 Å². The monoisotopic (exact) mass is 1070 g/mol. The van der Waals surface area contributed by atoms with E-state index in [-0.39, 0.29) is 63.1 Å². The van der Waals surface area contributed by atoms with Gasteiger partial charge in [0.05, 0.1) is 12.5 Å². The van der Waals surface area contributed by atoms with E-state index in [0.717, 1.165) is 89.0 Å². The van der Waals surface area contributed by atoms with E-state index >= 15 is 9.59 Å². The number of ketones is 1. The summed E-state index contributed by atoms with van der Waals surface area (Å²) >= 11 is 0. The first-order valence-electron chi connectivity index (χ1n) is 28.0. The fraction of sp³-hybridized carbons (Fsp3) is 0.243. The molecule has 2 atom stereocenters. The van der Waals surface area contributed by atoms with Gasteiger partial charge in [-0.05, 0) is 115 Å². The molecule has 0 radical (unpaired) electrons. The average Bonchev–Trinajstić information content (AvgIpc) is 4.42. The van der Waals surface area contributed by atoms with Crippen molar-refractivity contribution in [3.8, 4) is 44.5 Å². The fourth-order valence-corrected chi connectivity index (χ4v) is 13.0. The number of hydrogen-bond donors (Lipinski definition) is 2. The van der Waals surface area contributed by atoms with Gasteiger partial charge >= 0.3 is 23.9 Å². The molecule has 0 amide bonds. The molecule has 0 aromatic heterocycles. The van der Waals surface area contributed by atoms with E-state index in [1.54, 1.807) is 0 Å². The summed E-state index contributed by atoms with van der Waals surface area (Å²) < 4.78 is 24.8. The summed E-state index contributed by atoms with van der Waals surface area (Å²) in [5, 5.41) is 3.25. The number of rotatable bonds is 21. The fourth-order valence-electron chi connectivity index (χ4n) is 13.0. The molecule has 0 bridgehead atoms. The maximum atomic E-state index is 15.7. The summed E-state index contributed by atoms with van der Waals surface area (Å²) in [5.74, 6) is -8.07. The van der Waals surface area contributed by atoms with Gasteiger partial charge in [0.1, 0.15) is 32.0 Å². The van der Waals surface area contributed by atoms with Crippen LogP contribution >= 0.6 is 0 Å². The summed E-state index contributed by atoms with van der Waals surface area (Å²) in [6.07, 6.45) is 0.283. The largest absolute Gasteiger partial charge is 0.465 e. The van der Waals surface area contributed by atoms with Crippen molar-refractivity contribution in [2.45, 2.75) is 67.9 Å². The molecule has 0 fully saturated rings. The van der Waals surface area contributed by atoms with Gasteiger partial charge in [0, 0.05) is 23.7 Å². The molecule has 8 aromatic rings. The summed E-state index contributed by atoms with van der Waals surface area (Å²) in [7, 11) is 0. The third-order valence-corrected chi connectivity index (χ3v) is 16.9. The highest BCUT2D eigenvalue weighted by atomic mass is 16.6. The molecule has 4 aliphatic rings. The summed E-state index contributed by atoms with van der Waals surface area (Å²) in [6.45, 7) is 1.36. The summed E-state index contributed by atoms with van der Waals surface area (Å²) in [5.41, 5.74) is 20.1. The third kappa shape index (κ3) is 10.1.